The molecule has 1 aromatic heterocycles. The van der Waals surface area contributed by atoms with Gasteiger partial charge in [-0.1, -0.05) is 39.0 Å². The van der Waals surface area contributed by atoms with Crippen LogP contribution in [0.4, 0.5) is 0 Å². The largest absolute Gasteiger partial charge is 0.461 e. The van der Waals surface area contributed by atoms with Crippen LogP contribution in [0, 0.1) is 0 Å². The van der Waals surface area contributed by atoms with Gasteiger partial charge in [0.1, 0.15) is 11.3 Å². The van der Waals surface area contributed by atoms with Gasteiger partial charge in [-0.05, 0) is 6.07 Å². The average Bonchev–Trinajstić information content (AvgIpc) is 2.64. The molecular formula is C14H19NO. The first kappa shape index (κ1) is 11.2. The highest BCUT2D eigenvalue weighted by molar-refractivity contribution is 5.82. The molecule has 2 nitrogen and oxygen atoms in total. The number of hydrogen-bond donors (Lipinski definition) is 1. The number of rotatable bonds is 4. The van der Waals surface area contributed by atoms with Crippen molar-refractivity contribution in [3.8, 4) is 0 Å². The molecule has 0 radical (unpaired) electrons. The number of hydrogen-bond acceptors (Lipinski definition) is 2. The Hall–Kier alpha value is -1.28. The van der Waals surface area contributed by atoms with Crippen molar-refractivity contribution in [1.82, 2.24) is 5.32 Å². The van der Waals surface area contributed by atoms with Crippen molar-refractivity contribution in [2.24, 2.45) is 0 Å². The van der Waals surface area contributed by atoms with Crippen LogP contribution in [0.1, 0.15) is 32.1 Å². The number of aryl methyl sites for hydroxylation is 1. The maximum Gasteiger partial charge on any atom is 0.134 e. The summed E-state index contributed by atoms with van der Waals surface area (Å²) in [4.78, 5) is 0. The van der Waals surface area contributed by atoms with E-state index in [-0.39, 0.29) is 0 Å². The zero-order valence-corrected chi connectivity index (χ0v) is 10.2. The Morgan fingerprint density at radius 1 is 1.25 bits per heavy atom. The second-order valence-electron chi connectivity index (χ2n) is 4.39. The third-order valence-corrected chi connectivity index (χ3v) is 2.79. The second kappa shape index (κ2) is 4.71. The van der Waals surface area contributed by atoms with E-state index in [1.807, 2.05) is 12.1 Å². The Balaban J connectivity index is 2.39. The third kappa shape index (κ3) is 2.12. The zero-order chi connectivity index (χ0) is 11.5. The van der Waals surface area contributed by atoms with Crippen LogP contribution in [0.3, 0.4) is 0 Å². The summed E-state index contributed by atoms with van der Waals surface area (Å²) < 4.78 is 5.84. The third-order valence-electron chi connectivity index (χ3n) is 2.79. The van der Waals surface area contributed by atoms with Gasteiger partial charge in [0.15, 0.2) is 0 Å². The molecule has 0 amide bonds. The lowest BCUT2D eigenvalue weighted by Crippen LogP contribution is -2.22. The Bertz CT molecular complexity index is 471. The molecule has 2 aromatic rings. The SMILES string of the molecule is CCc1oc2ccccc2c1CNC(C)C. The van der Waals surface area contributed by atoms with Crippen LogP contribution in [0.5, 0.6) is 0 Å². The molecule has 0 atom stereocenters. The minimum Gasteiger partial charge on any atom is -0.461 e. The Labute approximate surface area is 96.6 Å². The smallest absolute Gasteiger partial charge is 0.134 e. The van der Waals surface area contributed by atoms with Gasteiger partial charge < -0.3 is 9.73 Å². The molecule has 2 heteroatoms. The topological polar surface area (TPSA) is 25.2 Å². The van der Waals surface area contributed by atoms with Crippen molar-refractivity contribution in [3.63, 3.8) is 0 Å². The Kier molecular flexibility index (Phi) is 3.30. The Morgan fingerprint density at radius 2 is 2.00 bits per heavy atom. The molecule has 0 saturated heterocycles. The molecule has 1 N–H and O–H groups in total. The zero-order valence-electron chi connectivity index (χ0n) is 10.2. The predicted octanol–water partition coefficient (Wildman–Crippen LogP) is 3.49. The molecule has 0 aliphatic carbocycles. The van der Waals surface area contributed by atoms with Gasteiger partial charge in [-0.25, -0.2) is 0 Å². The summed E-state index contributed by atoms with van der Waals surface area (Å²) in [6, 6.07) is 8.75. The minimum atomic E-state index is 0.498. The van der Waals surface area contributed by atoms with Crippen LogP contribution in [0.25, 0.3) is 11.0 Å². The summed E-state index contributed by atoms with van der Waals surface area (Å²) in [7, 11) is 0. The van der Waals surface area contributed by atoms with E-state index < -0.39 is 0 Å². The van der Waals surface area contributed by atoms with Crippen LogP contribution < -0.4 is 5.32 Å². The van der Waals surface area contributed by atoms with E-state index in [0.29, 0.717) is 6.04 Å². The van der Waals surface area contributed by atoms with Crippen molar-refractivity contribution in [3.05, 3.63) is 35.6 Å². The normalized spacial score (nSPS) is 11.5. The second-order valence-corrected chi connectivity index (χ2v) is 4.39. The number of nitrogens with one attached hydrogen (secondary N) is 1. The molecule has 0 fully saturated rings. The first-order valence-electron chi connectivity index (χ1n) is 5.95. The molecule has 16 heavy (non-hydrogen) atoms. The van der Waals surface area contributed by atoms with E-state index in [1.165, 1.54) is 10.9 Å². The average molecular weight is 217 g/mol. The fourth-order valence-electron chi connectivity index (χ4n) is 1.94. The maximum atomic E-state index is 5.84. The molecular weight excluding hydrogens is 198 g/mol. The summed E-state index contributed by atoms with van der Waals surface area (Å²) in [5, 5.41) is 4.70. The van der Waals surface area contributed by atoms with Gasteiger partial charge in [0, 0.05) is 30.0 Å². The first-order valence-corrected chi connectivity index (χ1v) is 5.95. The lowest BCUT2D eigenvalue weighted by atomic mass is 10.1. The van der Waals surface area contributed by atoms with Gasteiger partial charge in [-0.2, -0.15) is 0 Å². The van der Waals surface area contributed by atoms with E-state index in [0.717, 1.165) is 24.3 Å². The minimum absolute atomic E-state index is 0.498. The highest BCUT2D eigenvalue weighted by atomic mass is 16.3. The van der Waals surface area contributed by atoms with E-state index in [1.54, 1.807) is 0 Å². The highest BCUT2D eigenvalue weighted by Crippen LogP contribution is 2.26. The molecule has 86 valence electrons. The molecule has 0 aliphatic rings. The van der Waals surface area contributed by atoms with Gasteiger partial charge in [-0.3, -0.25) is 0 Å². The molecule has 2 rings (SSSR count). The summed E-state index contributed by atoms with van der Waals surface area (Å²) in [5.74, 6) is 1.11. The van der Waals surface area contributed by atoms with Gasteiger partial charge in [0.05, 0.1) is 0 Å². The summed E-state index contributed by atoms with van der Waals surface area (Å²) in [5.41, 5.74) is 2.31. The van der Waals surface area contributed by atoms with E-state index in [9.17, 15) is 0 Å². The van der Waals surface area contributed by atoms with Crippen molar-refractivity contribution in [2.75, 3.05) is 0 Å². The van der Waals surface area contributed by atoms with Gasteiger partial charge in [0.2, 0.25) is 0 Å². The molecule has 0 spiro atoms. The van der Waals surface area contributed by atoms with Crippen molar-refractivity contribution >= 4 is 11.0 Å². The molecule has 0 saturated carbocycles. The maximum absolute atomic E-state index is 5.84. The number of furan rings is 1. The van der Waals surface area contributed by atoms with Crippen LogP contribution in [-0.4, -0.2) is 6.04 Å². The van der Waals surface area contributed by atoms with E-state index in [2.05, 4.69) is 38.2 Å². The van der Waals surface area contributed by atoms with Crippen molar-refractivity contribution < 1.29 is 4.42 Å². The van der Waals surface area contributed by atoms with Crippen LogP contribution in [0.15, 0.2) is 28.7 Å². The number of fused-ring (bicyclic) bond motifs is 1. The van der Waals surface area contributed by atoms with Crippen LogP contribution >= 0.6 is 0 Å². The molecule has 0 unspecified atom stereocenters. The van der Waals surface area contributed by atoms with Crippen molar-refractivity contribution in [1.29, 1.82) is 0 Å². The van der Waals surface area contributed by atoms with Crippen molar-refractivity contribution in [2.45, 2.75) is 39.8 Å². The highest BCUT2D eigenvalue weighted by Gasteiger charge is 2.11. The fourth-order valence-corrected chi connectivity index (χ4v) is 1.94. The van der Waals surface area contributed by atoms with Gasteiger partial charge in [-0.15, -0.1) is 0 Å². The standard InChI is InChI=1S/C14H19NO/c1-4-13-12(9-15-10(2)3)11-7-5-6-8-14(11)16-13/h5-8,10,15H,4,9H2,1-3H3. The quantitative estimate of drug-likeness (QED) is 0.848. The number of para-hydroxylation sites is 1. The summed E-state index contributed by atoms with van der Waals surface area (Å²) in [6.45, 7) is 7.34. The van der Waals surface area contributed by atoms with Gasteiger partial charge >= 0.3 is 0 Å². The molecule has 0 aliphatic heterocycles. The van der Waals surface area contributed by atoms with Crippen LogP contribution in [0.2, 0.25) is 0 Å². The molecule has 0 bridgehead atoms. The Morgan fingerprint density at radius 3 is 2.69 bits per heavy atom. The monoisotopic (exact) mass is 217 g/mol. The predicted molar refractivity (Wildman–Crippen MR) is 67.6 cm³/mol. The fraction of sp³-hybridized carbons (Fsp3) is 0.429. The molecule has 1 heterocycles. The van der Waals surface area contributed by atoms with Gasteiger partial charge in [0.25, 0.3) is 0 Å². The summed E-state index contributed by atoms with van der Waals surface area (Å²) in [6.07, 6.45) is 0.948. The first-order chi connectivity index (χ1) is 7.72. The lowest BCUT2D eigenvalue weighted by molar-refractivity contribution is 0.534. The molecule has 1 aromatic carbocycles. The van der Waals surface area contributed by atoms with E-state index >= 15 is 0 Å². The van der Waals surface area contributed by atoms with E-state index in [4.69, 9.17) is 4.42 Å². The number of benzene rings is 1. The van der Waals surface area contributed by atoms with Crippen LogP contribution in [-0.2, 0) is 13.0 Å². The lowest BCUT2D eigenvalue weighted by Gasteiger charge is -2.07. The summed E-state index contributed by atoms with van der Waals surface area (Å²) >= 11 is 0.